The Balaban J connectivity index is 3.36. The van der Waals surface area contributed by atoms with Crippen molar-refractivity contribution in [3.63, 3.8) is 0 Å². The summed E-state index contributed by atoms with van der Waals surface area (Å²) in [6, 6.07) is 0. The lowest BCUT2D eigenvalue weighted by molar-refractivity contribution is -0.134. The number of aliphatic hydroxyl groups is 1. The van der Waals surface area contributed by atoms with Gasteiger partial charge in [-0.05, 0) is 25.7 Å². The average molecular weight is 310 g/mol. The number of hydrogen-bond acceptors (Lipinski definition) is 3. The van der Waals surface area contributed by atoms with Crippen LogP contribution in [0.5, 0.6) is 0 Å². The smallest absolute Gasteiger partial charge is 0.330 e. The van der Waals surface area contributed by atoms with Crippen LogP contribution in [0, 0.1) is 0 Å². The molecule has 0 aromatic rings. The molecular formula is C19H34O3. The molecule has 3 heteroatoms. The molecule has 0 rings (SSSR count). The van der Waals surface area contributed by atoms with E-state index < -0.39 is 0 Å². The van der Waals surface area contributed by atoms with Gasteiger partial charge in [0, 0.05) is 6.08 Å². The van der Waals surface area contributed by atoms with E-state index in [-0.39, 0.29) is 12.1 Å². The second kappa shape index (κ2) is 16.3. The zero-order chi connectivity index (χ0) is 16.5. The minimum atomic E-state index is -0.326. The maximum atomic E-state index is 10.8. The highest BCUT2D eigenvalue weighted by molar-refractivity contribution is 5.82. The van der Waals surface area contributed by atoms with Crippen molar-refractivity contribution in [2.45, 2.75) is 83.7 Å². The number of methoxy groups -OCH3 is 1. The Kier molecular flexibility index (Phi) is 15.5. The topological polar surface area (TPSA) is 46.5 Å². The molecule has 1 atom stereocenters. The molecule has 1 N–H and O–H groups in total. The third-order valence-corrected chi connectivity index (χ3v) is 3.73. The van der Waals surface area contributed by atoms with Gasteiger partial charge in [0.2, 0.25) is 0 Å². The van der Waals surface area contributed by atoms with Crippen LogP contribution in [0.25, 0.3) is 0 Å². The minimum Gasteiger partial charge on any atom is -0.466 e. The molecule has 1 unspecified atom stereocenters. The zero-order valence-electron chi connectivity index (χ0n) is 14.4. The zero-order valence-corrected chi connectivity index (χ0v) is 14.4. The SMILES string of the molecule is CCCCCCCC(O)CCCCCC=CC=CC(=O)OC. The Morgan fingerprint density at radius 1 is 1.00 bits per heavy atom. The monoisotopic (exact) mass is 310 g/mol. The molecule has 22 heavy (non-hydrogen) atoms. The van der Waals surface area contributed by atoms with Gasteiger partial charge < -0.3 is 9.84 Å². The Labute approximate surface area is 136 Å². The van der Waals surface area contributed by atoms with Crippen molar-refractivity contribution in [3.05, 3.63) is 24.3 Å². The maximum Gasteiger partial charge on any atom is 0.330 e. The first-order valence-corrected chi connectivity index (χ1v) is 8.80. The van der Waals surface area contributed by atoms with E-state index in [1.54, 1.807) is 6.08 Å². The van der Waals surface area contributed by atoms with Crippen molar-refractivity contribution in [2.24, 2.45) is 0 Å². The molecular weight excluding hydrogens is 276 g/mol. The molecule has 0 radical (unpaired) electrons. The van der Waals surface area contributed by atoms with Gasteiger partial charge in [0.1, 0.15) is 0 Å². The van der Waals surface area contributed by atoms with E-state index in [2.05, 4.69) is 17.7 Å². The van der Waals surface area contributed by atoms with E-state index in [9.17, 15) is 9.90 Å². The van der Waals surface area contributed by atoms with Crippen molar-refractivity contribution >= 4 is 5.97 Å². The summed E-state index contributed by atoms with van der Waals surface area (Å²) in [7, 11) is 1.37. The fourth-order valence-electron chi connectivity index (χ4n) is 2.32. The van der Waals surface area contributed by atoms with Crippen LogP contribution in [-0.2, 0) is 9.53 Å². The van der Waals surface area contributed by atoms with E-state index in [0.29, 0.717) is 0 Å². The van der Waals surface area contributed by atoms with Gasteiger partial charge in [0.05, 0.1) is 13.2 Å². The molecule has 0 saturated carbocycles. The maximum absolute atomic E-state index is 10.8. The van der Waals surface area contributed by atoms with Crippen LogP contribution in [0.15, 0.2) is 24.3 Å². The minimum absolute atomic E-state index is 0.111. The number of carbonyl (C=O) groups excluding carboxylic acids is 1. The first-order chi connectivity index (χ1) is 10.7. The Morgan fingerprint density at radius 2 is 1.64 bits per heavy atom. The summed E-state index contributed by atoms with van der Waals surface area (Å²) in [6.45, 7) is 2.22. The number of rotatable bonds is 14. The van der Waals surface area contributed by atoms with E-state index in [1.807, 2.05) is 6.08 Å². The Morgan fingerprint density at radius 3 is 2.27 bits per heavy atom. The summed E-state index contributed by atoms with van der Waals surface area (Å²) in [4.78, 5) is 10.8. The fourth-order valence-corrected chi connectivity index (χ4v) is 2.32. The summed E-state index contributed by atoms with van der Waals surface area (Å²) in [5.74, 6) is -0.326. The van der Waals surface area contributed by atoms with Crippen molar-refractivity contribution < 1.29 is 14.6 Å². The number of hydrogen-bond donors (Lipinski definition) is 1. The van der Waals surface area contributed by atoms with E-state index in [1.165, 1.54) is 38.9 Å². The summed E-state index contributed by atoms with van der Waals surface area (Å²) in [5, 5.41) is 9.89. The third kappa shape index (κ3) is 15.3. The van der Waals surface area contributed by atoms with Gasteiger partial charge in [-0.3, -0.25) is 0 Å². The van der Waals surface area contributed by atoms with Gasteiger partial charge >= 0.3 is 5.97 Å². The molecule has 0 amide bonds. The molecule has 0 fully saturated rings. The molecule has 0 aromatic carbocycles. The lowest BCUT2D eigenvalue weighted by Crippen LogP contribution is -2.05. The number of unbranched alkanes of at least 4 members (excludes halogenated alkanes) is 7. The molecule has 0 aliphatic rings. The molecule has 0 aliphatic carbocycles. The van der Waals surface area contributed by atoms with Gasteiger partial charge in [0.15, 0.2) is 0 Å². The summed E-state index contributed by atoms with van der Waals surface area (Å²) < 4.78 is 4.50. The number of esters is 1. The predicted octanol–water partition coefficient (Wildman–Crippen LogP) is 4.94. The normalized spacial score (nSPS) is 13.0. The average Bonchev–Trinajstić information content (AvgIpc) is 2.52. The summed E-state index contributed by atoms with van der Waals surface area (Å²) in [5.41, 5.74) is 0. The van der Waals surface area contributed by atoms with Crippen molar-refractivity contribution in [1.29, 1.82) is 0 Å². The molecule has 0 heterocycles. The Bertz CT molecular complexity index is 308. The number of carbonyl (C=O) groups is 1. The van der Waals surface area contributed by atoms with Gasteiger partial charge in [-0.15, -0.1) is 0 Å². The second-order valence-corrected chi connectivity index (χ2v) is 5.81. The lowest BCUT2D eigenvalue weighted by Gasteiger charge is -2.09. The highest BCUT2D eigenvalue weighted by atomic mass is 16.5. The van der Waals surface area contributed by atoms with Gasteiger partial charge in [0.25, 0.3) is 0 Å². The van der Waals surface area contributed by atoms with Crippen molar-refractivity contribution in [1.82, 2.24) is 0 Å². The third-order valence-electron chi connectivity index (χ3n) is 3.73. The number of ether oxygens (including phenoxy) is 1. The highest BCUT2D eigenvalue weighted by Crippen LogP contribution is 2.12. The largest absolute Gasteiger partial charge is 0.466 e. The molecule has 128 valence electrons. The van der Waals surface area contributed by atoms with Crippen LogP contribution in [0.4, 0.5) is 0 Å². The lowest BCUT2D eigenvalue weighted by atomic mass is 10.0. The quantitative estimate of drug-likeness (QED) is 0.214. The molecule has 0 aromatic heterocycles. The van der Waals surface area contributed by atoms with Crippen LogP contribution in [-0.4, -0.2) is 24.3 Å². The first-order valence-electron chi connectivity index (χ1n) is 8.80. The van der Waals surface area contributed by atoms with Crippen LogP contribution >= 0.6 is 0 Å². The summed E-state index contributed by atoms with van der Waals surface area (Å²) in [6.07, 6.45) is 19.5. The second-order valence-electron chi connectivity index (χ2n) is 5.81. The highest BCUT2D eigenvalue weighted by Gasteiger charge is 2.03. The molecule has 0 saturated heterocycles. The van der Waals surface area contributed by atoms with Crippen molar-refractivity contribution in [3.8, 4) is 0 Å². The molecule has 0 aliphatic heterocycles. The molecule has 0 bridgehead atoms. The van der Waals surface area contributed by atoms with Crippen LogP contribution < -0.4 is 0 Å². The van der Waals surface area contributed by atoms with Crippen LogP contribution in [0.1, 0.15) is 77.6 Å². The summed E-state index contributed by atoms with van der Waals surface area (Å²) >= 11 is 0. The van der Waals surface area contributed by atoms with E-state index in [0.717, 1.165) is 44.9 Å². The van der Waals surface area contributed by atoms with E-state index in [4.69, 9.17) is 0 Å². The Hall–Kier alpha value is -1.09. The number of aliphatic hydroxyl groups excluding tert-OH is 1. The van der Waals surface area contributed by atoms with Crippen molar-refractivity contribution in [2.75, 3.05) is 7.11 Å². The van der Waals surface area contributed by atoms with E-state index >= 15 is 0 Å². The van der Waals surface area contributed by atoms with Gasteiger partial charge in [-0.2, -0.15) is 0 Å². The fraction of sp³-hybridized carbons (Fsp3) is 0.737. The van der Waals surface area contributed by atoms with Crippen LogP contribution in [0.3, 0.4) is 0 Å². The molecule has 0 spiro atoms. The number of allylic oxidation sites excluding steroid dienone is 3. The molecule has 3 nitrogen and oxygen atoms in total. The van der Waals surface area contributed by atoms with Gasteiger partial charge in [-0.1, -0.05) is 70.1 Å². The predicted molar refractivity (Wildman–Crippen MR) is 92.8 cm³/mol. The van der Waals surface area contributed by atoms with Gasteiger partial charge in [-0.25, -0.2) is 4.79 Å². The van der Waals surface area contributed by atoms with Crippen LogP contribution in [0.2, 0.25) is 0 Å². The standard InChI is InChI=1S/C19H34O3/c1-3-4-5-9-12-15-18(20)16-13-10-7-6-8-11-14-17-19(21)22-2/h8,11,14,17-18,20H,3-7,9-10,12-13,15-16H2,1-2H3. The first kappa shape index (κ1) is 20.9.